The average Bonchev–Trinajstić information content (AvgIpc) is 3.42. The summed E-state index contributed by atoms with van der Waals surface area (Å²) in [6, 6.07) is 21.0. The Morgan fingerprint density at radius 1 is 1.03 bits per heavy atom. The fourth-order valence-electron chi connectivity index (χ4n) is 4.08. The lowest BCUT2D eigenvalue weighted by molar-refractivity contribution is -0.128. The van der Waals surface area contributed by atoms with Crippen molar-refractivity contribution in [2.45, 2.75) is 32.1 Å². The number of nitrogens with one attached hydrogen (secondary N) is 1. The number of amides is 2. The summed E-state index contributed by atoms with van der Waals surface area (Å²) < 4.78 is 10.9. The predicted molar refractivity (Wildman–Crippen MR) is 137 cm³/mol. The first kappa shape index (κ1) is 23.0. The number of fused-ring (bicyclic) bond motifs is 1. The van der Waals surface area contributed by atoms with Crippen molar-refractivity contribution >= 4 is 40.1 Å². The Morgan fingerprint density at radius 2 is 1.77 bits per heavy atom. The summed E-state index contributed by atoms with van der Waals surface area (Å²) in [6.45, 7) is 4.42. The van der Waals surface area contributed by atoms with Gasteiger partial charge in [0.2, 0.25) is 18.6 Å². The number of carbonyl (C=O) groups is 2. The van der Waals surface area contributed by atoms with Gasteiger partial charge in [0.05, 0.1) is 12.2 Å². The normalized spacial score (nSPS) is 17.8. The van der Waals surface area contributed by atoms with Crippen LogP contribution in [0.1, 0.15) is 23.1 Å². The van der Waals surface area contributed by atoms with E-state index < -0.39 is 5.25 Å². The van der Waals surface area contributed by atoms with Crippen LogP contribution in [0.2, 0.25) is 0 Å². The summed E-state index contributed by atoms with van der Waals surface area (Å²) in [7, 11) is 0. The Bertz CT molecular complexity index is 1290. The second kappa shape index (κ2) is 9.84. The Morgan fingerprint density at radius 3 is 2.54 bits per heavy atom. The zero-order chi connectivity index (χ0) is 24.4. The summed E-state index contributed by atoms with van der Waals surface area (Å²) in [4.78, 5) is 32.7. The Balaban J connectivity index is 1.37. The van der Waals surface area contributed by atoms with Gasteiger partial charge >= 0.3 is 0 Å². The molecule has 3 aromatic rings. The minimum absolute atomic E-state index is 0.0583. The van der Waals surface area contributed by atoms with Gasteiger partial charge in [0.1, 0.15) is 5.25 Å². The zero-order valence-corrected chi connectivity index (χ0v) is 20.3. The van der Waals surface area contributed by atoms with Crippen molar-refractivity contribution in [1.29, 1.82) is 0 Å². The highest BCUT2D eigenvalue weighted by Crippen LogP contribution is 2.36. The number of benzene rings is 3. The maximum absolute atomic E-state index is 13.5. The number of amidine groups is 1. The second-order valence-electron chi connectivity index (χ2n) is 8.47. The number of anilines is 1. The van der Waals surface area contributed by atoms with Crippen molar-refractivity contribution in [1.82, 2.24) is 4.90 Å². The van der Waals surface area contributed by atoms with Gasteiger partial charge in [-0.3, -0.25) is 14.5 Å². The molecule has 1 N–H and O–H groups in total. The van der Waals surface area contributed by atoms with Gasteiger partial charge in [-0.25, -0.2) is 4.99 Å². The molecule has 35 heavy (non-hydrogen) atoms. The lowest BCUT2D eigenvalue weighted by atomic mass is 10.1. The van der Waals surface area contributed by atoms with E-state index in [9.17, 15) is 9.59 Å². The van der Waals surface area contributed by atoms with Gasteiger partial charge in [-0.05, 0) is 54.8 Å². The Labute approximate surface area is 208 Å². The Kier molecular flexibility index (Phi) is 6.46. The summed E-state index contributed by atoms with van der Waals surface area (Å²) in [6.07, 6.45) is 0.0583. The number of carbonyl (C=O) groups excluding carboxylic acids is 2. The van der Waals surface area contributed by atoms with Gasteiger partial charge in [-0.1, -0.05) is 54.2 Å². The number of aliphatic imine (C=N–C) groups is 1. The highest BCUT2D eigenvalue weighted by molar-refractivity contribution is 8.15. The Hall–Kier alpha value is -3.78. The van der Waals surface area contributed by atoms with Crippen LogP contribution in [-0.4, -0.2) is 33.9 Å². The molecule has 0 saturated carbocycles. The van der Waals surface area contributed by atoms with Crippen LogP contribution >= 0.6 is 11.8 Å². The fourth-order valence-corrected chi connectivity index (χ4v) is 5.23. The van der Waals surface area contributed by atoms with Gasteiger partial charge in [0, 0.05) is 12.1 Å². The molecule has 0 spiro atoms. The third kappa shape index (κ3) is 5.02. The summed E-state index contributed by atoms with van der Waals surface area (Å²) in [5, 5.41) is 3.00. The molecule has 1 fully saturated rings. The number of nitrogens with zero attached hydrogens (tertiary/aromatic N) is 2. The van der Waals surface area contributed by atoms with E-state index in [0.29, 0.717) is 23.2 Å². The summed E-state index contributed by atoms with van der Waals surface area (Å²) in [5.41, 5.74) is 4.41. The number of rotatable bonds is 6. The molecule has 8 heteroatoms. The molecule has 7 nitrogen and oxygen atoms in total. The lowest BCUT2D eigenvalue weighted by Crippen LogP contribution is -2.33. The molecule has 0 radical (unpaired) electrons. The van der Waals surface area contributed by atoms with E-state index in [1.165, 1.54) is 11.8 Å². The van der Waals surface area contributed by atoms with Crippen molar-refractivity contribution in [3.05, 3.63) is 83.4 Å². The number of ether oxygens (including phenoxy) is 2. The van der Waals surface area contributed by atoms with Crippen molar-refractivity contribution in [2.75, 3.05) is 12.1 Å². The molecule has 1 saturated heterocycles. The van der Waals surface area contributed by atoms with Crippen LogP contribution in [0.4, 0.5) is 11.4 Å². The number of thioether (sulfide) groups is 1. The van der Waals surface area contributed by atoms with E-state index >= 15 is 0 Å². The third-order valence-corrected chi connectivity index (χ3v) is 7.07. The maximum atomic E-state index is 13.5. The third-order valence-electron chi connectivity index (χ3n) is 5.89. The first-order valence-electron chi connectivity index (χ1n) is 11.3. The lowest BCUT2D eigenvalue weighted by Gasteiger charge is -2.17. The molecule has 0 unspecified atom stereocenters. The average molecular weight is 488 g/mol. The first-order chi connectivity index (χ1) is 17.0. The molecular formula is C27H25N3O4S. The van der Waals surface area contributed by atoms with E-state index in [0.717, 1.165) is 28.1 Å². The van der Waals surface area contributed by atoms with Crippen molar-refractivity contribution in [3.8, 4) is 11.5 Å². The van der Waals surface area contributed by atoms with Crippen LogP contribution in [-0.2, 0) is 16.1 Å². The quantitative estimate of drug-likeness (QED) is 0.517. The second-order valence-corrected chi connectivity index (χ2v) is 9.64. The van der Waals surface area contributed by atoms with Crippen molar-refractivity contribution < 1.29 is 19.1 Å². The van der Waals surface area contributed by atoms with Crippen LogP contribution < -0.4 is 14.8 Å². The minimum atomic E-state index is -0.559. The van der Waals surface area contributed by atoms with Crippen LogP contribution in [0.15, 0.2) is 71.7 Å². The smallest absolute Gasteiger partial charge is 0.242 e. The fraction of sp³-hybridized carbons (Fsp3) is 0.222. The molecule has 2 amide bonds. The van der Waals surface area contributed by atoms with E-state index in [1.807, 2.05) is 80.6 Å². The summed E-state index contributed by atoms with van der Waals surface area (Å²) in [5.74, 6) is 1.01. The van der Waals surface area contributed by atoms with Crippen LogP contribution in [0, 0.1) is 13.8 Å². The molecule has 3 aromatic carbocycles. The largest absolute Gasteiger partial charge is 0.454 e. The standard InChI is InChI=1S/C27H25N3O4S/c1-17-7-6-8-18(2)25(17)29-24(31)14-23-26(32)30(27(35-23)28-20-9-4-3-5-10-20)15-19-11-12-21-22(13-19)34-16-33-21/h3-13,23H,14-16H2,1-2H3,(H,29,31)/t23-/m1/s1. The molecule has 2 heterocycles. The highest BCUT2D eigenvalue weighted by Gasteiger charge is 2.39. The maximum Gasteiger partial charge on any atom is 0.242 e. The van der Waals surface area contributed by atoms with Gasteiger partial charge in [-0.15, -0.1) is 0 Å². The monoisotopic (exact) mass is 487 g/mol. The van der Waals surface area contributed by atoms with Gasteiger partial charge in [0.25, 0.3) is 0 Å². The molecule has 178 valence electrons. The molecule has 0 aliphatic carbocycles. The molecule has 0 bridgehead atoms. The van der Waals surface area contributed by atoms with Gasteiger partial charge in [-0.2, -0.15) is 0 Å². The van der Waals surface area contributed by atoms with E-state index in [1.54, 1.807) is 4.90 Å². The van der Waals surface area contributed by atoms with Gasteiger partial charge in [0.15, 0.2) is 16.7 Å². The summed E-state index contributed by atoms with van der Waals surface area (Å²) >= 11 is 1.32. The number of aryl methyl sites for hydroxylation is 2. The topological polar surface area (TPSA) is 80.2 Å². The minimum Gasteiger partial charge on any atom is -0.454 e. The van der Waals surface area contributed by atoms with Crippen molar-refractivity contribution in [3.63, 3.8) is 0 Å². The number of para-hydroxylation sites is 2. The van der Waals surface area contributed by atoms with Crippen LogP contribution in [0.5, 0.6) is 11.5 Å². The molecule has 1 atom stereocenters. The van der Waals surface area contributed by atoms with E-state index in [4.69, 9.17) is 14.5 Å². The predicted octanol–water partition coefficient (Wildman–Crippen LogP) is 5.19. The number of hydrogen-bond donors (Lipinski definition) is 1. The van der Waals surface area contributed by atoms with Crippen LogP contribution in [0.3, 0.4) is 0 Å². The van der Waals surface area contributed by atoms with Gasteiger partial charge < -0.3 is 14.8 Å². The molecule has 0 aromatic heterocycles. The van der Waals surface area contributed by atoms with Crippen LogP contribution in [0.25, 0.3) is 0 Å². The first-order valence-corrected chi connectivity index (χ1v) is 12.2. The SMILES string of the molecule is Cc1cccc(C)c1NC(=O)C[C@H]1SC(=Nc2ccccc2)N(Cc2ccc3c(c2)OCO3)C1=O. The molecular weight excluding hydrogens is 462 g/mol. The highest BCUT2D eigenvalue weighted by atomic mass is 32.2. The molecule has 5 rings (SSSR count). The number of hydrogen-bond acceptors (Lipinski definition) is 6. The van der Waals surface area contributed by atoms with Crippen molar-refractivity contribution in [2.24, 2.45) is 4.99 Å². The van der Waals surface area contributed by atoms with E-state index in [-0.39, 0.29) is 25.0 Å². The zero-order valence-electron chi connectivity index (χ0n) is 19.5. The molecule has 2 aliphatic heterocycles. The molecule has 2 aliphatic rings. The van der Waals surface area contributed by atoms with E-state index in [2.05, 4.69) is 5.32 Å².